The Kier molecular flexibility index (Phi) is 3.18. The Morgan fingerprint density at radius 2 is 2.13 bits per heavy atom. The first kappa shape index (κ1) is 14.0. The van der Waals surface area contributed by atoms with Crippen LogP contribution in [0.15, 0.2) is 36.7 Å². The number of fused-ring (bicyclic) bond motifs is 2. The van der Waals surface area contributed by atoms with Gasteiger partial charge in [0.15, 0.2) is 0 Å². The molecule has 0 bridgehead atoms. The van der Waals surface area contributed by atoms with Gasteiger partial charge >= 0.3 is 0 Å². The van der Waals surface area contributed by atoms with E-state index in [-0.39, 0.29) is 11.9 Å². The van der Waals surface area contributed by atoms with Gasteiger partial charge in [-0.2, -0.15) is 0 Å². The van der Waals surface area contributed by atoms with Crippen molar-refractivity contribution in [2.75, 3.05) is 0 Å². The molecule has 4 nitrogen and oxygen atoms in total. The van der Waals surface area contributed by atoms with Gasteiger partial charge < -0.3 is 10.3 Å². The minimum absolute atomic E-state index is 0.0190. The molecule has 0 fully saturated rings. The second kappa shape index (κ2) is 5.23. The number of hydrogen-bond donors (Lipinski definition) is 2. The number of carbonyl (C=O) groups is 1. The predicted octanol–water partition coefficient (Wildman–Crippen LogP) is 3.47. The van der Waals surface area contributed by atoms with Gasteiger partial charge in [0.2, 0.25) is 0 Å². The van der Waals surface area contributed by atoms with Crippen molar-refractivity contribution in [1.82, 2.24) is 15.3 Å². The number of nitrogens with zero attached hydrogens (tertiary/aromatic N) is 1. The second-order valence-electron chi connectivity index (χ2n) is 6.20. The number of pyridine rings is 1. The number of carbonyl (C=O) groups excluding carboxylic acids is 1. The van der Waals surface area contributed by atoms with Gasteiger partial charge in [-0.1, -0.05) is 19.1 Å². The first-order valence-corrected chi connectivity index (χ1v) is 8.06. The Balaban J connectivity index is 1.91. The number of aromatic nitrogens is 2. The van der Waals surface area contributed by atoms with Gasteiger partial charge in [0, 0.05) is 34.9 Å². The van der Waals surface area contributed by atoms with Crippen molar-refractivity contribution in [2.45, 2.75) is 32.7 Å². The minimum Gasteiger partial charge on any atom is -0.349 e. The van der Waals surface area contributed by atoms with Gasteiger partial charge in [0.1, 0.15) is 5.65 Å². The summed E-state index contributed by atoms with van der Waals surface area (Å²) < 4.78 is 0. The quantitative estimate of drug-likeness (QED) is 0.761. The van der Waals surface area contributed by atoms with Crippen LogP contribution in [-0.4, -0.2) is 21.9 Å². The van der Waals surface area contributed by atoms with Crippen LogP contribution in [0, 0.1) is 0 Å². The van der Waals surface area contributed by atoms with Crippen LogP contribution in [0.25, 0.3) is 22.2 Å². The average molecular weight is 305 g/mol. The summed E-state index contributed by atoms with van der Waals surface area (Å²) in [5.74, 6) is 0.0190. The number of nitrogens with one attached hydrogen (secondary N) is 2. The SMILES string of the molecule is CCc1c[nH]c2ncc(-c3cccc4c3CC(C)NC4=O)cc12. The average Bonchev–Trinajstić information content (AvgIpc) is 2.96. The van der Waals surface area contributed by atoms with Gasteiger partial charge in [-0.25, -0.2) is 4.98 Å². The maximum absolute atomic E-state index is 12.2. The molecule has 0 saturated heterocycles. The van der Waals surface area contributed by atoms with Crippen LogP contribution in [0.1, 0.15) is 35.3 Å². The molecule has 1 atom stereocenters. The molecule has 116 valence electrons. The third-order valence-corrected chi connectivity index (χ3v) is 4.62. The summed E-state index contributed by atoms with van der Waals surface area (Å²) in [6.45, 7) is 4.19. The van der Waals surface area contributed by atoms with E-state index in [4.69, 9.17) is 0 Å². The molecule has 0 spiro atoms. The zero-order valence-corrected chi connectivity index (χ0v) is 13.3. The Bertz CT molecular complexity index is 910. The molecule has 1 aromatic carbocycles. The molecule has 4 rings (SSSR count). The van der Waals surface area contributed by atoms with Crippen LogP contribution in [0.2, 0.25) is 0 Å². The lowest BCUT2D eigenvalue weighted by molar-refractivity contribution is 0.0929. The molecule has 0 aliphatic carbocycles. The van der Waals surface area contributed by atoms with E-state index < -0.39 is 0 Å². The van der Waals surface area contributed by atoms with Crippen molar-refractivity contribution in [3.05, 3.63) is 53.3 Å². The molecule has 1 unspecified atom stereocenters. The molecular formula is C19H19N3O. The zero-order valence-electron chi connectivity index (χ0n) is 13.3. The van der Waals surface area contributed by atoms with Crippen molar-refractivity contribution in [3.8, 4) is 11.1 Å². The van der Waals surface area contributed by atoms with Crippen LogP contribution >= 0.6 is 0 Å². The fraction of sp³-hybridized carbons (Fsp3) is 0.263. The molecule has 1 amide bonds. The summed E-state index contributed by atoms with van der Waals surface area (Å²) in [4.78, 5) is 20.0. The fourth-order valence-corrected chi connectivity index (χ4v) is 3.45. The lowest BCUT2D eigenvalue weighted by Gasteiger charge is -2.24. The fourth-order valence-electron chi connectivity index (χ4n) is 3.45. The van der Waals surface area contributed by atoms with E-state index in [1.54, 1.807) is 0 Å². The van der Waals surface area contributed by atoms with Crippen LogP contribution in [0.3, 0.4) is 0 Å². The van der Waals surface area contributed by atoms with E-state index in [1.807, 2.05) is 31.5 Å². The molecule has 2 N–H and O–H groups in total. The van der Waals surface area contributed by atoms with Crippen molar-refractivity contribution in [1.29, 1.82) is 0 Å². The Labute approximate surface area is 134 Å². The van der Waals surface area contributed by atoms with Gasteiger partial charge in [-0.05, 0) is 48.6 Å². The molecule has 1 aliphatic heterocycles. The highest BCUT2D eigenvalue weighted by molar-refractivity contribution is 5.99. The summed E-state index contributed by atoms with van der Waals surface area (Å²) in [7, 11) is 0. The topological polar surface area (TPSA) is 57.8 Å². The number of aromatic amines is 1. The number of hydrogen-bond acceptors (Lipinski definition) is 2. The van der Waals surface area contributed by atoms with Gasteiger partial charge in [0.25, 0.3) is 5.91 Å². The van der Waals surface area contributed by atoms with Gasteiger partial charge in [-0.15, -0.1) is 0 Å². The lowest BCUT2D eigenvalue weighted by Crippen LogP contribution is -2.39. The second-order valence-corrected chi connectivity index (χ2v) is 6.20. The van der Waals surface area contributed by atoms with E-state index >= 15 is 0 Å². The molecule has 0 saturated carbocycles. The van der Waals surface area contributed by atoms with E-state index in [9.17, 15) is 4.79 Å². The van der Waals surface area contributed by atoms with Crippen molar-refractivity contribution >= 4 is 16.9 Å². The molecule has 23 heavy (non-hydrogen) atoms. The first-order valence-electron chi connectivity index (χ1n) is 8.06. The Morgan fingerprint density at radius 3 is 2.96 bits per heavy atom. The highest BCUT2D eigenvalue weighted by Gasteiger charge is 2.24. The molecule has 1 aliphatic rings. The molecule has 3 aromatic rings. The third kappa shape index (κ3) is 2.22. The van der Waals surface area contributed by atoms with E-state index in [0.717, 1.165) is 46.1 Å². The number of amides is 1. The van der Waals surface area contributed by atoms with E-state index in [2.05, 4.69) is 34.3 Å². The van der Waals surface area contributed by atoms with Crippen molar-refractivity contribution in [3.63, 3.8) is 0 Å². The number of rotatable bonds is 2. The van der Waals surface area contributed by atoms with Crippen LogP contribution < -0.4 is 5.32 Å². The normalized spacial score (nSPS) is 17.1. The standard InChI is InChI=1S/C19H19N3O/c1-3-12-9-20-18-16(12)8-13(10-21-18)14-5-4-6-15-17(14)7-11(2)22-19(15)23/h4-6,8-11H,3,7H2,1-2H3,(H,20,21)(H,22,23). The van der Waals surface area contributed by atoms with Crippen LogP contribution in [0.5, 0.6) is 0 Å². The summed E-state index contributed by atoms with van der Waals surface area (Å²) in [5, 5.41) is 4.16. The monoisotopic (exact) mass is 305 g/mol. The summed E-state index contributed by atoms with van der Waals surface area (Å²) in [6.07, 6.45) is 5.74. The smallest absolute Gasteiger partial charge is 0.251 e. The largest absolute Gasteiger partial charge is 0.349 e. The maximum atomic E-state index is 12.2. The predicted molar refractivity (Wildman–Crippen MR) is 91.5 cm³/mol. The number of H-pyrrole nitrogens is 1. The lowest BCUT2D eigenvalue weighted by atomic mass is 9.88. The molecule has 0 radical (unpaired) electrons. The highest BCUT2D eigenvalue weighted by Crippen LogP contribution is 2.31. The van der Waals surface area contributed by atoms with Crippen molar-refractivity contribution < 1.29 is 4.79 Å². The molecule has 2 aromatic heterocycles. The number of aryl methyl sites for hydroxylation is 1. The third-order valence-electron chi connectivity index (χ3n) is 4.62. The van der Waals surface area contributed by atoms with Crippen molar-refractivity contribution in [2.24, 2.45) is 0 Å². The molecule has 4 heteroatoms. The van der Waals surface area contributed by atoms with Gasteiger partial charge in [0.05, 0.1) is 0 Å². The maximum Gasteiger partial charge on any atom is 0.251 e. The summed E-state index contributed by atoms with van der Waals surface area (Å²) >= 11 is 0. The molecular weight excluding hydrogens is 286 g/mol. The van der Waals surface area contributed by atoms with E-state index in [0.29, 0.717) is 0 Å². The molecule has 3 heterocycles. The summed E-state index contributed by atoms with van der Waals surface area (Å²) in [5.41, 5.74) is 6.28. The Hall–Kier alpha value is -2.62. The van der Waals surface area contributed by atoms with Crippen LogP contribution in [-0.2, 0) is 12.8 Å². The van der Waals surface area contributed by atoms with Crippen LogP contribution in [0.4, 0.5) is 0 Å². The first-order chi connectivity index (χ1) is 11.2. The Morgan fingerprint density at radius 1 is 1.30 bits per heavy atom. The number of benzene rings is 1. The van der Waals surface area contributed by atoms with E-state index in [1.165, 1.54) is 5.56 Å². The summed E-state index contributed by atoms with van der Waals surface area (Å²) in [6, 6.07) is 8.28. The highest BCUT2D eigenvalue weighted by atomic mass is 16.1. The minimum atomic E-state index is 0.0190. The van der Waals surface area contributed by atoms with Gasteiger partial charge in [-0.3, -0.25) is 4.79 Å². The zero-order chi connectivity index (χ0) is 16.0.